The average Bonchev–Trinajstić information content (AvgIpc) is 3.66. The number of aromatic nitrogens is 4. The first kappa shape index (κ1) is 42.3. The van der Waals surface area contributed by atoms with Gasteiger partial charge in [0.2, 0.25) is 0 Å². The van der Waals surface area contributed by atoms with Crippen LogP contribution in [0.15, 0.2) is 42.9 Å². The van der Waals surface area contributed by atoms with Gasteiger partial charge in [0.05, 0.1) is 30.7 Å². The van der Waals surface area contributed by atoms with Gasteiger partial charge in [0.1, 0.15) is 11.6 Å². The molecule has 3 N–H and O–H groups in total. The van der Waals surface area contributed by atoms with Crippen molar-refractivity contribution in [2.24, 2.45) is 7.05 Å². The Morgan fingerprint density at radius 2 is 1.25 bits per heavy atom. The molecular weight excluding hydrogens is 715 g/mol. The summed E-state index contributed by atoms with van der Waals surface area (Å²) in [6, 6.07) is 8.31. The number of hydrogen-bond acceptors (Lipinski definition) is 8. The maximum atomic E-state index is 10.6. The molecule has 1 fully saturated rings. The Bertz CT molecular complexity index is 1550. The van der Waals surface area contributed by atoms with Gasteiger partial charge in [0.15, 0.2) is 0 Å². The number of nitrogens with zero attached hydrogens (tertiary/aromatic N) is 6. The number of carboxylic acids is 3. The minimum absolute atomic E-state index is 0.0222. The normalized spacial score (nSPS) is 15.9. The van der Waals surface area contributed by atoms with Crippen LogP contribution < -0.4 is 4.74 Å². The number of likely N-dealkylation sites (tertiary alicyclic amines) is 1. The summed E-state index contributed by atoms with van der Waals surface area (Å²) in [4.78, 5) is 36.7. The Morgan fingerprint density at radius 3 is 1.65 bits per heavy atom. The maximum absolute atomic E-state index is 10.6. The average molecular weight is 749 g/mol. The van der Waals surface area contributed by atoms with Gasteiger partial charge in [-0.15, -0.1) is 0 Å². The van der Waals surface area contributed by atoms with Gasteiger partial charge in [-0.1, -0.05) is 0 Å². The lowest BCUT2D eigenvalue weighted by Crippen LogP contribution is -2.56. The molecular formula is C29H33F9N6O7. The van der Waals surface area contributed by atoms with Crippen LogP contribution in [0.25, 0.3) is 11.3 Å². The minimum atomic E-state index is -5.08. The van der Waals surface area contributed by atoms with Gasteiger partial charge in [0.25, 0.3) is 0 Å². The number of ether oxygens (including phenoxy) is 1. The summed E-state index contributed by atoms with van der Waals surface area (Å²) in [6.07, 6.45) is -6.90. The van der Waals surface area contributed by atoms with Gasteiger partial charge in [-0.2, -0.15) is 44.6 Å². The molecule has 0 saturated carbocycles. The molecule has 22 heteroatoms. The predicted molar refractivity (Wildman–Crippen MR) is 157 cm³/mol. The number of methoxy groups -OCH3 is 1. The van der Waals surface area contributed by atoms with E-state index in [4.69, 9.17) is 39.4 Å². The van der Waals surface area contributed by atoms with Crippen LogP contribution in [0.3, 0.4) is 0 Å². The van der Waals surface area contributed by atoms with E-state index in [9.17, 15) is 39.5 Å². The molecule has 5 rings (SSSR count). The number of halogens is 9. The lowest BCUT2D eigenvalue weighted by atomic mass is 9.83. The molecule has 13 nitrogen and oxygen atoms in total. The van der Waals surface area contributed by atoms with Gasteiger partial charge in [-0.3, -0.25) is 14.5 Å². The monoisotopic (exact) mass is 748 g/mol. The van der Waals surface area contributed by atoms with Crippen LogP contribution in [0.4, 0.5) is 39.5 Å². The number of imidazole rings is 1. The van der Waals surface area contributed by atoms with Crippen molar-refractivity contribution in [1.29, 1.82) is 0 Å². The second-order valence-corrected chi connectivity index (χ2v) is 11.0. The van der Waals surface area contributed by atoms with E-state index in [0.717, 1.165) is 51.3 Å². The summed E-state index contributed by atoms with van der Waals surface area (Å²) >= 11 is 0. The van der Waals surface area contributed by atoms with Crippen molar-refractivity contribution in [2.75, 3.05) is 33.8 Å². The number of benzene rings is 1. The molecule has 4 heterocycles. The highest BCUT2D eigenvalue weighted by Gasteiger charge is 2.46. The Balaban J connectivity index is 0.000000352. The Morgan fingerprint density at radius 1 is 0.784 bits per heavy atom. The third-order valence-corrected chi connectivity index (χ3v) is 7.62. The fraction of sp³-hybridized carbons (Fsp3) is 0.483. The van der Waals surface area contributed by atoms with Gasteiger partial charge in [-0.05, 0) is 44.2 Å². The number of carbonyl (C=O) groups is 3. The highest BCUT2D eigenvalue weighted by atomic mass is 19.4. The van der Waals surface area contributed by atoms with Crippen LogP contribution >= 0.6 is 0 Å². The van der Waals surface area contributed by atoms with Crippen molar-refractivity contribution in [3.63, 3.8) is 0 Å². The van der Waals surface area contributed by atoms with Gasteiger partial charge in [0, 0.05) is 57.1 Å². The first-order chi connectivity index (χ1) is 23.4. The molecule has 3 aromatic rings. The molecule has 1 spiro atoms. The summed E-state index contributed by atoms with van der Waals surface area (Å²) in [5.41, 5.74) is 3.71. The van der Waals surface area contributed by atoms with Gasteiger partial charge < -0.3 is 24.6 Å². The molecule has 51 heavy (non-hydrogen) atoms. The van der Waals surface area contributed by atoms with Crippen molar-refractivity contribution >= 4 is 17.9 Å². The summed E-state index contributed by atoms with van der Waals surface area (Å²) in [5.74, 6) is -6.16. The van der Waals surface area contributed by atoms with E-state index in [1.165, 1.54) is 22.6 Å². The fourth-order valence-electron chi connectivity index (χ4n) is 5.10. The number of rotatable bonds is 4. The van der Waals surface area contributed by atoms with E-state index >= 15 is 0 Å². The first-order valence-electron chi connectivity index (χ1n) is 14.4. The molecule has 0 radical (unpaired) electrons. The van der Waals surface area contributed by atoms with Crippen molar-refractivity contribution in [3.05, 3.63) is 54.2 Å². The zero-order chi connectivity index (χ0) is 38.9. The van der Waals surface area contributed by atoms with E-state index in [1.807, 2.05) is 30.1 Å². The zero-order valence-corrected chi connectivity index (χ0v) is 27.1. The zero-order valence-electron chi connectivity index (χ0n) is 27.1. The first-order valence-corrected chi connectivity index (χ1v) is 14.4. The summed E-state index contributed by atoms with van der Waals surface area (Å²) < 4.78 is 105. The van der Waals surface area contributed by atoms with Crippen LogP contribution in [-0.2, 0) is 40.1 Å². The second-order valence-electron chi connectivity index (χ2n) is 11.0. The molecule has 2 aliphatic heterocycles. The predicted octanol–water partition coefficient (Wildman–Crippen LogP) is 4.63. The van der Waals surface area contributed by atoms with E-state index in [0.29, 0.717) is 0 Å². The number of aryl methyl sites for hydroxylation is 1. The molecule has 0 bridgehead atoms. The number of carboxylic acid groups (broad SMARTS) is 3. The van der Waals surface area contributed by atoms with Gasteiger partial charge >= 0.3 is 36.4 Å². The number of hydrogen-bond donors (Lipinski definition) is 3. The highest BCUT2D eigenvalue weighted by molar-refractivity contribution is 5.73. The molecule has 2 aromatic heterocycles. The molecule has 2 aliphatic rings. The van der Waals surface area contributed by atoms with Crippen LogP contribution in [0.2, 0.25) is 0 Å². The summed E-state index contributed by atoms with van der Waals surface area (Å²) in [5, 5.41) is 25.7. The third-order valence-electron chi connectivity index (χ3n) is 7.62. The molecule has 0 amide bonds. The quantitative estimate of drug-likeness (QED) is 0.319. The number of alkyl halides is 9. The van der Waals surface area contributed by atoms with Crippen LogP contribution in [0, 0.1) is 0 Å². The number of fused-ring (bicyclic) bond motifs is 2. The lowest BCUT2D eigenvalue weighted by molar-refractivity contribution is -0.193. The van der Waals surface area contributed by atoms with Crippen LogP contribution in [0.1, 0.15) is 24.2 Å². The molecule has 1 aromatic carbocycles. The molecule has 0 atom stereocenters. The Hall–Kier alpha value is -4.86. The summed E-state index contributed by atoms with van der Waals surface area (Å²) in [6.45, 7) is 5.15. The lowest BCUT2D eigenvalue weighted by Gasteiger charge is -2.49. The highest BCUT2D eigenvalue weighted by Crippen LogP contribution is 2.42. The number of piperidine rings is 1. The maximum Gasteiger partial charge on any atom is 0.490 e. The van der Waals surface area contributed by atoms with E-state index in [1.54, 1.807) is 7.11 Å². The number of aliphatic carboxylic acids is 3. The third kappa shape index (κ3) is 11.9. The van der Waals surface area contributed by atoms with Crippen molar-refractivity contribution in [3.8, 4) is 17.0 Å². The molecule has 0 unspecified atom stereocenters. The van der Waals surface area contributed by atoms with Crippen molar-refractivity contribution in [2.45, 2.75) is 50.0 Å². The molecule has 0 aliphatic carbocycles. The SMILES string of the molecule is COc1ccc(-c2cnc3n2CCN(C)C32CCN(Cc3cnn(C)c3)CC2)cc1.O=C(O)C(F)(F)F.O=C(O)C(F)(F)F.O=C(O)C(F)(F)F. The smallest absolute Gasteiger partial charge is 0.490 e. The minimum Gasteiger partial charge on any atom is -0.497 e. The number of likely N-dealkylation sites (N-methyl/N-ethyl adjacent to an activating group) is 1. The summed E-state index contributed by atoms with van der Waals surface area (Å²) in [7, 11) is 5.95. The Kier molecular flexibility index (Phi) is 14.0. The van der Waals surface area contributed by atoms with Crippen LogP contribution in [-0.4, -0.2) is 115 Å². The van der Waals surface area contributed by atoms with E-state index in [-0.39, 0.29) is 5.54 Å². The topological polar surface area (TPSA) is 163 Å². The second kappa shape index (κ2) is 16.9. The van der Waals surface area contributed by atoms with Crippen molar-refractivity contribution < 1.29 is 74.0 Å². The standard InChI is InChI=1S/C23H30N6O.3C2HF3O2/c1-26-12-13-29-21(19-4-6-20(30-3)7-5-19)15-24-22(29)23(26)8-10-28(11-9-23)17-18-14-25-27(2)16-18;3*3-2(4,5)1(6)7/h4-7,14-16H,8-13,17H2,1-3H3;3*(H,6,7). The van der Waals surface area contributed by atoms with Crippen LogP contribution in [0.5, 0.6) is 5.75 Å². The van der Waals surface area contributed by atoms with E-state index < -0.39 is 36.4 Å². The van der Waals surface area contributed by atoms with Gasteiger partial charge in [-0.25, -0.2) is 19.4 Å². The molecule has 284 valence electrons. The fourth-order valence-corrected chi connectivity index (χ4v) is 5.10. The largest absolute Gasteiger partial charge is 0.497 e. The molecule has 1 saturated heterocycles. The van der Waals surface area contributed by atoms with Crippen molar-refractivity contribution in [1.82, 2.24) is 29.1 Å². The van der Waals surface area contributed by atoms with E-state index in [2.05, 4.69) is 51.0 Å². The Labute approximate surface area is 283 Å².